The van der Waals surface area contributed by atoms with Gasteiger partial charge in [-0.1, -0.05) is 38.1 Å². The minimum absolute atomic E-state index is 0.0293. The Balaban J connectivity index is 1.75. The summed E-state index contributed by atoms with van der Waals surface area (Å²) < 4.78 is 5.56. The number of anilines is 1. The highest BCUT2D eigenvalue weighted by Gasteiger charge is 2.62. The molecule has 2 aliphatic heterocycles. The van der Waals surface area contributed by atoms with E-state index in [0.717, 1.165) is 0 Å². The molecule has 0 bridgehead atoms. The SMILES string of the molecule is CC(C)CN1C(=O)c2ccccc2N2C(=O)CC[C@@]12C(=O)OCc1ccccc1[N+](=O)[O-]. The smallest absolute Gasteiger partial charge is 0.354 e. The van der Waals surface area contributed by atoms with Crippen molar-refractivity contribution in [2.24, 2.45) is 5.92 Å². The average molecular weight is 437 g/mol. The van der Waals surface area contributed by atoms with Gasteiger partial charge in [0.25, 0.3) is 11.6 Å². The fraction of sp³-hybridized carbons (Fsp3) is 0.348. The fourth-order valence-electron chi connectivity index (χ4n) is 4.44. The second-order valence-corrected chi connectivity index (χ2v) is 8.33. The van der Waals surface area contributed by atoms with Crippen molar-refractivity contribution in [1.29, 1.82) is 0 Å². The van der Waals surface area contributed by atoms with E-state index >= 15 is 0 Å². The van der Waals surface area contributed by atoms with E-state index in [1.165, 1.54) is 28.0 Å². The topological polar surface area (TPSA) is 110 Å². The van der Waals surface area contributed by atoms with Gasteiger partial charge in [-0.3, -0.25) is 24.6 Å². The van der Waals surface area contributed by atoms with E-state index in [-0.39, 0.29) is 55.0 Å². The van der Waals surface area contributed by atoms with Crippen LogP contribution in [0.2, 0.25) is 0 Å². The molecule has 1 saturated heterocycles. The van der Waals surface area contributed by atoms with E-state index in [1.807, 2.05) is 13.8 Å². The van der Waals surface area contributed by atoms with Crippen molar-refractivity contribution in [3.05, 3.63) is 69.8 Å². The van der Waals surface area contributed by atoms with E-state index in [0.29, 0.717) is 11.3 Å². The van der Waals surface area contributed by atoms with Crippen LogP contribution in [0.5, 0.6) is 0 Å². The van der Waals surface area contributed by atoms with Crippen LogP contribution in [0.3, 0.4) is 0 Å². The summed E-state index contributed by atoms with van der Waals surface area (Å²) in [5.41, 5.74) is -0.818. The van der Waals surface area contributed by atoms with Gasteiger partial charge in [-0.05, 0) is 24.1 Å². The summed E-state index contributed by atoms with van der Waals surface area (Å²) in [5.74, 6) is -1.36. The van der Waals surface area contributed by atoms with Crippen LogP contribution in [-0.2, 0) is 20.9 Å². The fourth-order valence-corrected chi connectivity index (χ4v) is 4.44. The average Bonchev–Trinajstić information content (AvgIpc) is 3.13. The van der Waals surface area contributed by atoms with Crippen molar-refractivity contribution in [3.63, 3.8) is 0 Å². The second kappa shape index (κ2) is 8.07. The molecule has 0 aromatic heterocycles. The number of esters is 1. The largest absolute Gasteiger partial charge is 0.457 e. The standard InChI is InChI=1S/C23H23N3O6/c1-15(2)13-24-21(28)17-8-4-6-10-19(17)25-20(27)11-12-23(24,25)22(29)32-14-16-7-3-5-9-18(16)26(30)31/h3-10,15H,11-14H2,1-2H3/t23-/m1/s1. The molecule has 32 heavy (non-hydrogen) atoms. The van der Waals surface area contributed by atoms with Gasteiger partial charge in [0.15, 0.2) is 0 Å². The summed E-state index contributed by atoms with van der Waals surface area (Å²) in [7, 11) is 0. The van der Waals surface area contributed by atoms with E-state index < -0.39 is 16.6 Å². The Morgan fingerprint density at radius 2 is 1.84 bits per heavy atom. The van der Waals surface area contributed by atoms with Gasteiger partial charge in [0.05, 0.1) is 21.7 Å². The maximum absolute atomic E-state index is 13.6. The molecule has 9 nitrogen and oxygen atoms in total. The molecule has 0 unspecified atom stereocenters. The zero-order valence-electron chi connectivity index (χ0n) is 17.8. The Hall–Kier alpha value is -3.75. The van der Waals surface area contributed by atoms with Gasteiger partial charge in [-0.2, -0.15) is 0 Å². The van der Waals surface area contributed by atoms with E-state index in [9.17, 15) is 24.5 Å². The lowest BCUT2D eigenvalue weighted by molar-refractivity contribution is -0.385. The van der Waals surface area contributed by atoms with Gasteiger partial charge in [-0.15, -0.1) is 0 Å². The van der Waals surface area contributed by atoms with Crippen LogP contribution < -0.4 is 4.90 Å². The van der Waals surface area contributed by atoms with Gasteiger partial charge in [0, 0.05) is 25.5 Å². The van der Waals surface area contributed by atoms with Crippen LogP contribution in [0, 0.1) is 16.0 Å². The number of carbonyl (C=O) groups is 3. The number of ether oxygens (including phenoxy) is 1. The monoisotopic (exact) mass is 437 g/mol. The van der Waals surface area contributed by atoms with Gasteiger partial charge in [0.1, 0.15) is 6.61 Å². The first-order chi connectivity index (χ1) is 15.3. The first kappa shape index (κ1) is 21.5. The zero-order valence-corrected chi connectivity index (χ0v) is 17.8. The molecule has 1 fully saturated rings. The lowest BCUT2D eigenvalue weighted by atomic mass is 9.95. The van der Waals surface area contributed by atoms with Crippen molar-refractivity contribution < 1.29 is 24.0 Å². The summed E-state index contributed by atoms with van der Waals surface area (Å²) >= 11 is 0. The maximum Gasteiger partial charge on any atom is 0.354 e. The number of para-hydroxylation sites is 2. The first-order valence-electron chi connectivity index (χ1n) is 10.4. The Bertz CT molecular complexity index is 1110. The third-order valence-corrected chi connectivity index (χ3v) is 5.80. The summed E-state index contributed by atoms with van der Waals surface area (Å²) in [6.07, 6.45) is 0.172. The van der Waals surface area contributed by atoms with Gasteiger partial charge in [0.2, 0.25) is 11.6 Å². The summed E-state index contributed by atoms with van der Waals surface area (Å²) in [4.78, 5) is 53.5. The highest BCUT2D eigenvalue weighted by atomic mass is 16.6. The van der Waals surface area contributed by atoms with E-state index in [4.69, 9.17) is 4.74 Å². The molecule has 2 aliphatic rings. The number of amides is 2. The number of nitrogens with zero attached hydrogens (tertiary/aromatic N) is 3. The lowest BCUT2D eigenvalue weighted by Crippen LogP contribution is -2.69. The highest BCUT2D eigenvalue weighted by Crippen LogP contribution is 2.45. The quantitative estimate of drug-likeness (QED) is 0.390. The number of hydrogen-bond acceptors (Lipinski definition) is 6. The predicted molar refractivity (Wildman–Crippen MR) is 115 cm³/mol. The third-order valence-electron chi connectivity index (χ3n) is 5.80. The molecule has 2 heterocycles. The zero-order chi connectivity index (χ0) is 23.0. The van der Waals surface area contributed by atoms with Crippen molar-refractivity contribution in [2.75, 3.05) is 11.4 Å². The molecule has 0 spiro atoms. The molecule has 2 amide bonds. The van der Waals surface area contributed by atoms with Crippen molar-refractivity contribution >= 4 is 29.2 Å². The molecule has 1 atom stereocenters. The highest BCUT2D eigenvalue weighted by molar-refractivity contribution is 6.15. The van der Waals surface area contributed by atoms with Gasteiger partial charge >= 0.3 is 5.97 Å². The van der Waals surface area contributed by atoms with Crippen LogP contribution in [-0.4, -0.2) is 39.8 Å². The Morgan fingerprint density at radius 3 is 2.56 bits per heavy atom. The minimum Gasteiger partial charge on any atom is -0.457 e. The first-order valence-corrected chi connectivity index (χ1v) is 10.4. The molecule has 0 aliphatic carbocycles. The number of benzene rings is 2. The van der Waals surface area contributed by atoms with Crippen molar-refractivity contribution in [3.8, 4) is 0 Å². The Labute approximate surface area is 184 Å². The number of hydrogen-bond donors (Lipinski definition) is 0. The molecule has 9 heteroatoms. The van der Waals surface area contributed by atoms with Crippen LogP contribution in [0.1, 0.15) is 42.6 Å². The predicted octanol–water partition coefficient (Wildman–Crippen LogP) is 3.27. The Kier molecular flexibility index (Phi) is 5.41. The molecule has 166 valence electrons. The number of nitro benzene ring substituents is 1. The van der Waals surface area contributed by atoms with Crippen LogP contribution in [0.4, 0.5) is 11.4 Å². The molecular weight excluding hydrogens is 414 g/mol. The Morgan fingerprint density at radius 1 is 1.16 bits per heavy atom. The maximum atomic E-state index is 13.6. The van der Waals surface area contributed by atoms with Crippen molar-refractivity contribution in [2.45, 2.75) is 39.0 Å². The molecule has 0 N–H and O–H groups in total. The molecule has 0 saturated carbocycles. The van der Waals surface area contributed by atoms with Crippen LogP contribution in [0.25, 0.3) is 0 Å². The summed E-state index contributed by atoms with van der Waals surface area (Å²) in [6, 6.07) is 12.7. The summed E-state index contributed by atoms with van der Waals surface area (Å²) in [5, 5.41) is 11.3. The molecule has 0 radical (unpaired) electrons. The lowest BCUT2D eigenvalue weighted by Gasteiger charge is -2.48. The summed E-state index contributed by atoms with van der Waals surface area (Å²) in [6.45, 7) is 3.74. The number of fused-ring (bicyclic) bond motifs is 3. The van der Waals surface area contributed by atoms with E-state index in [2.05, 4.69) is 0 Å². The molecule has 2 aromatic rings. The normalized spacial score (nSPS) is 19.7. The number of rotatable bonds is 6. The van der Waals surface area contributed by atoms with Gasteiger partial charge < -0.3 is 9.64 Å². The number of carbonyl (C=O) groups excluding carboxylic acids is 3. The van der Waals surface area contributed by atoms with Crippen molar-refractivity contribution in [1.82, 2.24) is 4.90 Å². The molecule has 4 rings (SSSR count). The third kappa shape index (κ3) is 3.30. The minimum atomic E-state index is -1.61. The van der Waals surface area contributed by atoms with Crippen LogP contribution in [0.15, 0.2) is 48.5 Å². The number of nitro groups is 1. The molecule has 2 aromatic carbocycles. The molecular formula is C23H23N3O6. The van der Waals surface area contributed by atoms with E-state index in [1.54, 1.807) is 30.3 Å². The van der Waals surface area contributed by atoms with Crippen LogP contribution >= 0.6 is 0 Å². The second-order valence-electron chi connectivity index (χ2n) is 8.33. The van der Waals surface area contributed by atoms with Gasteiger partial charge in [-0.25, -0.2) is 4.79 Å².